The minimum absolute atomic E-state index is 0.0524. The predicted octanol–water partition coefficient (Wildman–Crippen LogP) is 6.68. The van der Waals surface area contributed by atoms with E-state index in [9.17, 15) is 8.78 Å². The summed E-state index contributed by atoms with van der Waals surface area (Å²) in [4.78, 5) is 0. The number of anilines is 2. The molecule has 0 amide bonds. The van der Waals surface area contributed by atoms with Crippen LogP contribution in [0.4, 0.5) is 20.2 Å². The summed E-state index contributed by atoms with van der Waals surface area (Å²) in [6.45, 7) is 8.03. The van der Waals surface area contributed by atoms with Gasteiger partial charge in [0.25, 0.3) is 0 Å². The number of hydrogen-bond acceptors (Lipinski definition) is 6. The maximum Gasteiger partial charge on any atom is 0.184 e. The van der Waals surface area contributed by atoms with Crippen LogP contribution in [0, 0.1) is 18.6 Å². The van der Waals surface area contributed by atoms with Gasteiger partial charge in [-0.05, 0) is 57.2 Å². The fourth-order valence-corrected chi connectivity index (χ4v) is 3.85. The van der Waals surface area contributed by atoms with Crippen LogP contribution in [0.15, 0.2) is 48.7 Å². The van der Waals surface area contributed by atoms with Crippen LogP contribution in [0.5, 0.6) is 11.5 Å². The average molecular weight is 470 g/mol. The third kappa shape index (κ3) is 5.03. The third-order valence-electron chi connectivity index (χ3n) is 4.86. The van der Waals surface area contributed by atoms with E-state index < -0.39 is 11.6 Å². The van der Waals surface area contributed by atoms with Gasteiger partial charge in [-0.15, -0.1) is 10.2 Å². The van der Waals surface area contributed by atoms with Crippen LogP contribution < -0.4 is 14.8 Å². The summed E-state index contributed by atoms with van der Waals surface area (Å²) in [7, 11) is 0. The maximum atomic E-state index is 14.3. The van der Waals surface area contributed by atoms with Crippen LogP contribution in [-0.4, -0.2) is 26.4 Å². The van der Waals surface area contributed by atoms with Gasteiger partial charge in [-0.1, -0.05) is 18.9 Å². The van der Waals surface area contributed by atoms with E-state index in [-0.39, 0.29) is 11.8 Å². The van der Waals surface area contributed by atoms with Crippen molar-refractivity contribution in [1.29, 1.82) is 0 Å². The van der Waals surface area contributed by atoms with E-state index in [0.717, 1.165) is 40.1 Å². The van der Waals surface area contributed by atoms with E-state index in [1.807, 2.05) is 49.6 Å². The van der Waals surface area contributed by atoms with Gasteiger partial charge in [-0.3, -0.25) is 4.40 Å². The Bertz CT molecular complexity index is 1290. The Balaban J connectivity index is 1.86. The fourth-order valence-electron chi connectivity index (χ4n) is 3.41. The lowest BCUT2D eigenvalue weighted by molar-refractivity contribution is 0.439. The SMILES string of the molecule is CCSNc1ccc(Oc2ccc(F)cc2F)c(-c2cc(NC(C)C)c3nnc(C)n3c2)c1. The van der Waals surface area contributed by atoms with Gasteiger partial charge < -0.3 is 14.8 Å². The van der Waals surface area contributed by atoms with E-state index >= 15 is 0 Å². The van der Waals surface area contributed by atoms with E-state index in [1.165, 1.54) is 12.1 Å². The van der Waals surface area contributed by atoms with Gasteiger partial charge in [0, 0.05) is 40.9 Å². The minimum Gasteiger partial charge on any atom is -0.454 e. The molecule has 0 aliphatic carbocycles. The predicted molar refractivity (Wildman–Crippen MR) is 130 cm³/mol. The molecular formula is C24H25F2N5OS. The molecule has 4 rings (SSSR count). The third-order valence-corrected chi connectivity index (χ3v) is 5.53. The number of halogens is 2. The second-order valence-electron chi connectivity index (χ2n) is 7.81. The van der Waals surface area contributed by atoms with Gasteiger partial charge in [0.15, 0.2) is 17.2 Å². The van der Waals surface area contributed by atoms with Crippen LogP contribution in [0.2, 0.25) is 0 Å². The Hall–Kier alpha value is -3.33. The van der Waals surface area contributed by atoms with Gasteiger partial charge in [0.2, 0.25) is 0 Å². The van der Waals surface area contributed by atoms with Crippen molar-refractivity contribution < 1.29 is 13.5 Å². The molecule has 0 unspecified atom stereocenters. The highest BCUT2D eigenvalue weighted by atomic mass is 32.2. The summed E-state index contributed by atoms with van der Waals surface area (Å²) < 4.78 is 38.8. The van der Waals surface area contributed by atoms with Crippen LogP contribution in [0.25, 0.3) is 16.8 Å². The van der Waals surface area contributed by atoms with E-state index in [2.05, 4.69) is 27.2 Å². The number of hydrogen-bond donors (Lipinski definition) is 2. The molecule has 9 heteroatoms. The van der Waals surface area contributed by atoms with Crippen molar-refractivity contribution in [2.75, 3.05) is 15.8 Å². The maximum absolute atomic E-state index is 14.3. The topological polar surface area (TPSA) is 63.5 Å². The lowest BCUT2D eigenvalue weighted by Crippen LogP contribution is -2.11. The first-order chi connectivity index (χ1) is 15.9. The highest BCUT2D eigenvalue weighted by molar-refractivity contribution is 8.00. The minimum atomic E-state index is -0.767. The molecule has 0 saturated heterocycles. The molecule has 2 aromatic heterocycles. The zero-order chi connectivity index (χ0) is 23.5. The van der Waals surface area contributed by atoms with Crippen molar-refractivity contribution in [2.45, 2.75) is 33.7 Å². The van der Waals surface area contributed by atoms with Crippen LogP contribution in [0.1, 0.15) is 26.6 Å². The Labute approximate surface area is 195 Å². The molecule has 6 nitrogen and oxygen atoms in total. The number of aromatic nitrogens is 3. The van der Waals surface area contributed by atoms with Crippen molar-refractivity contribution in [3.63, 3.8) is 0 Å². The average Bonchev–Trinajstić information content (AvgIpc) is 3.15. The molecule has 0 saturated carbocycles. The van der Waals surface area contributed by atoms with Gasteiger partial charge >= 0.3 is 0 Å². The molecule has 2 N–H and O–H groups in total. The number of ether oxygens (including phenoxy) is 1. The van der Waals surface area contributed by atoms with Crippen LogP contribution in [0.3, 0.4) is 0 Å². The first-order valence-corrected chi connectivity index (χ1v) is 11.6. The molecule has 0 bridgehead atoms. The van der Waals surface area contributed by atoms with Gasteiger partial charge in [0.1, 0.15) is 17.4 Å². The van der Waals surface area contributed by atoms with Crippen molar-refractivity contribution >= 4 is 29.0 Å². The van der Waals surface area contributed by atoms with E-state index in [1.54, 1.807) is 18.0 Å². The zero-order valence-electron chi connectivity index (χ0n) is 18.8. The van der Waals surface area contributed by atoms with E-state index in [0.29, 0.717) is 11.4 Å². The van der Waals surface area contributed by atoms with Gasteiger partial charge in [0.05, 0.1) is 5.69 Å². The summed E-state index contributed by atoms with van der Waals surface area (Å²) >= 11 is 1.57. The Kier molecular flexibility index (Phi) is 6.69. The largest absolute Gasteiger partial charge is 0.454 e. The summed E-state index contributed by atoms with van der Waals surface area (Å²) in [5.41, 5.74) is 3.98. The monoisotopic (exact) mass is 469 g/mol. The molecule has 2 heterocycles. The van der Waals surface area contributed by atoms with Crippen LogP contribution >= 0.6 is 11.9 Å². The molecule has 33 heavy (non-hydrogen) atoms. The number of aryl methyl sites for hydroxylation is 1. The van der Waals surface area contributed by atoms with Crippen molar-refractivity contribution in [2.24, 2.45) is 0 Å². The quantitative estimate of drug-likeness (QED) is 0.281. The van der Waals surface area contributed by atoms with Gasteiger partial charge in [-0.2, -0.15) is 0 Å². The van der Waals surface area contributed by atoms with E-state index in [4.69, 9.17) is 4.74 Å². The second-order valence-corrected chi connectivity index (χ2v) is 8.88. The molecule has 0 radical (unpaired) electrons. The molecular weight excluding hydrogens is 444 g/mol. The van der Waals surface area contributed by atoms with Gasteiger partial charge in [-0.25, -0.2) is 8.78 Å². The summed E-state index contributed by atoms with van der Waals surface area (Å²) in [5, 5.41) is 11.9. The normalized spacial score (nSPS) is 11.2. The summed E-state index contributed by atoms with van der Waals surface area (Å²) in [5.74, 6) is 0.590. The molecule has 0 spiro atoms. The van der Waals surface area contributed by atoms with Crippen molar-refractivity contribution in [3.05, 3.63) is 66.1 Å². The number of rotatable bonds is 8. The highest BCUT2D eigenvalue weighted by Gasteiger charge is 2.16. The molecule has 0 aliphatic rings. The van der Waals surface area contributed by atoms with Crippen molar-refractivity contribution in [1.82, 2.24) is 14.6 Å². The number of fused-ring (bicyclic) bond motifs is 1. The fraction of sp³-hybridized carbons (Fsp3) is 0.250. The van der Waals surface area contributed by atoms with Crippen molar-refractivity contribution in [3.8, 4) is 22.6 Å². The Morgan fingerprint density at radius 3 is 2.58 bits per heavy atom. The number of nitrogens with zero attached hydrogens (tertiary/aromatic N) is 3. The Morgan fingerprint density at radius 2 is 1.85 bits per heavy atom. The first kappa shape index (κ1) is 22.8. The van der Waals surface area contributed by atoms with Crippen LogP contribution in [-0.2, 0) is 0 Å². The lowest BCUT2D eigenvalue weighted by atomic mass is 10.0. The number of nitrogens with one attached hydrogen (secondary N) is 2. The first-order valence-electron chi connectivity index (χ1n) is 10.6. The zero-order valence-corrected chi connectivity index (χ0v) is 19.6. The molecule has 172 valence electrons. The lowest BCUT2D eigenvalue weighted by Gasteiger charge is -2.17. The Morgan fingerprint density at radius 1 is 1.06 bits per heavy atom. The summed E-state index contributed by atoms with van der Waals surface area (Å²) in [6, 6.07) is 11.0. The second kappa shape index (κ2) is 9.66. The summed E-state index contributed by atoms with van der Waals surface area (Å²) in [6.07, 6.45) is 1.93. The standard InChI is InChI=1S/C24H25F2N5OS/c1-5-33-30-18-7-9-22(32-23-8-6-17(25)11-20(23)26)19(12-18)16-10-21(27-14(2)3)24-29-28-15(4)31(24)13-16/h6-14,27,30H,5H2,1-4H3. The molecule has 4 aromatic rings. The smallest absolute Gasteiger partial charge is 0.184 e. The number of pyridine rings is 1. The highest BCUT2D eigenvalue weighted by Crippen LogP contribution is 2.38. The molecule has 2 aromatic carbocycles. The number of benzene rings is 2. The molecule has 0 atom stereocenters. The molecule has 0 fully saturated rings. The molecule has 0 aliphatic heterocycles.